The summed E-state index contributed by atoms with van der Waals surface area (Å²) in [7, 11) is 0. The molecular formula is C14H17NO3S. The van der Waals surface area contributed by atoms with Crippen molar-refractivity contribution < 1.29 is 14.6 Å². The quantitative estimate of drug-likeness (QED) is 0.686. The Bertz CT molecular complexity index is 619. The maximum atomic E-state index is 11.9. The minimum absolute atomic E-state index is 0.0129. The first-order chi connectivity index (χ1) is 9.04. The van der Waals surface area contributed by atoms with Gasteiger partial charge >= 0.3 is 5.97 Å². The molecule has 0 unspecified atom stereocenters. The molecule has 0 saturated carbocycles. The van der Waals surface area contributed by atoms with Gasteiger partial charge in [0.05, 0.1) is 17.0 Å². The van der Waals surface area contributed by atoms with E-state index in [-0.39, 0.29) is 11.4 Å². The van der Waals surface area contributed by atoms with Crippen LogP contribution in [0.5, 0.6) is 5.75 Å². The van der Waals surface area contributed by atoms with Crippen LogP contribution >= 0.6 is 11.3 Å². The van der Waals surface area contributed by atoms with Crippen molar-refractivity contribution in [2.45, 2.75) is 33.6 Å². The van der Waals surface area contributed by atoms with Crippen LogP contribution in [-0.4, -0.2) is 22.7 Å². The van der Waals surface area contributed by atoms with Crippen molar-refractivity contribution in [2.75, 3.05) is 6.61 Å². The fourth-order valence-corrected chi connectivity index (χ4v) is 2.84. The number of thiophene rings is 1. The molecule has 0 spiro atoms. The number of hydrogen-bond donors (Lipinski definition) is 1. The van der Waals surface area contributed by atoms with Crippen molar-refractivity contribution >= 4 is 27.4 Å². The Labute approximate surface area is 116 Å². The predicted octanol–water partition coefficient (Wildman–Crippen LogP) is 3.58. The Balaban J connectivity index is 2.38. The van der Waals surface area contributed by atoms with Crippen LogP contribution in [-0.2, 0) is 4.74 Å². The number of ether oxygens (including phenoxy) is 1. The minimum atomic E-state index is -0.556. The van der Waals surface area contributed by atoms with Crippen LogP contribution in [0.15, 0.2) is 6.07 Å². The molecule has 2 heterocycles. The summed E-state index contributed by atoms with van der Waals surface area (Å²) in [4.78, 5) is 17.2. The predicted molar refractivity (Wildman–Crippen MR) is 75.9 cm³/mol. The highest BCUT2D eigenvalue weighted by atomic mass is 32.1. The molecule has 4 nitrogen and oxygen atoms in total. The van der Waals surface area contributed by atoms with E-state index in [1.165, 1.54) is 0 Å². The normalized spacial score (nSPS) is 10.9. The monoisotopic (exact) mass is 279 g/mol. The van der Waals surface area contributed by atoms with Gasteiger partial charge in [0.25, 0.3) is 0 Å². The molecule has 2 rings (SSSR count). The van der Waals surface area contributed by atoms with Gasteiger partial charge in [0.15, 0.2) is 11.4 Å². The van der Waals surface area contributed by atoms with Crippen molar-refractivity contribution in [2.24, 2.45) is 0 Å². The SMILES string of the molecule is CCCCOC(=O)c1nc(C)c2sc(C)cc2c1O. The molecule has 2 aromatic heterocycles. The fraction of sp³-hybridized carbons (Fsp3) is 0.429. The van der Waals surface area contributed by atoms with E-state index in [1.54, 1.807) is 11.3 Å². The maximum Gasteiger partial charge on any atom is 0.360 e. The lowest BCUT2D eigenvalue weighted by Crippen LogP contribution is -2.09. The molecule has 0 aliphatic rings. The van der Waals surface area contributed by atoms with E-state index in [0.717, 1.165) is 28.1 Å². The summed E-state index contributed by atoms with van der Waals surface area (Å²) in [6, 6.07) is 1.87. The number of pyridine rings is 1. The summed E-state index contributed by atoms with van der Waals surface area (Å²) in [5, 5.41) is 10.8. The van der Waals surface area contributed by atoms with E-state index in [1.807, 2.05) is 26.8 Å². The van der Waals surface area contributed by atoms with Crippen LogP contribution in [0.2, 0.25) is 0 Å². The second-order valence-electron chi connectivity index (χ2n) is 4.48. The molecule has 0 aliphatic heterocycles. The molecule has 0 fully saturated rings. The summed E-state index contributed by atoms with van der Waals surface area (Å²) in [6.07, 6.45) is 1.76. The molecule has 2 aromatic rings. The van der Waals surface area contributed by atoms with Gasteiger partial charge in [-0.25, -0.2) is 9.78 Å². The van der Waals surface area contributed by atoms with E-state index in [9.17, 15) is 9.90 Å². The van der Waals surface area contributed by atoms with Crippen LogP contribution in [0, 0.1) is 13.8 Å². The molecule has 5 heteroatoms. The lowest BCUT2D eigenvalue weighted by atomic mass is 10.2. The summed E-state index contributed by atoms with van der Waals surface area (Å²) in [6.45, 7) is 6.17. The summed E-state index contributed by atoms with van der Waals surface area (Å²) in [5.41, 5.74) is 0.757. The van der Waals surface area contributed by atoms with Gasteiger partial charge in [-0.15, -0.1) is 11.3 Å². The van der Waals surface area contributed by atoms with Crippen LogP contribution in [0.1, 0.15) is 40.8 Å². The van der Waals surface area contributed by atoms with Crippen molar-refractivity contribution in [3.63, 3.8) is 0 Å². The van der Waals surface area contributed by atoms with Gasteiger partial charge in [-0.1, -0.05) is 13.3 Å². The Morgan fingerprint density at radius 1 is 1.47 bits per heavy atom. The molecule has 0 radical (unpaired) electrons. The lowest BCUT2D eigenvalue weighted by molar-refractivity contribution is 0.0489. The summed E-state index contributed by atoms with van der Waals surface area (Å²) < 4.78 is 6.02. The molecule has 0 bridgehead atoms. The molecule has 0 amide bonds. The van der Waals surface area contributed by atoms with E-state index in [2.05, 4.69) is 4.98 Å². The van der Waals surface area contributed by atoms with Gasteiger partial charge in [0, 0.05) is 10.3 Å². The van der Waals surface area contributed by atoms with E-state index in [0.29, 0.717) is 12.0 Å². The number of rotatable bonds is 4. The number of nitrogens with zero attached hydrogens (tertiary/aromatic N) is 1. The molecule has 0 aliphatic carbocycles. The Morgan fingerprint density at radius 3 is 2.89 bits per heavy atom. The van der Waals surface area contributed by atoms with Gasteiger partial charge < -0.3 is 9.84 Å². The number of aryl methyl sites for hydroxylation is 2. The maximum absolute atomic E-state index is 11.9. The highest BCUT2D eigenvalue weighted by molar-refractivity contribution is 7.19. The first kappa shape index (κ1) is 13.8. The van der Waals surface area contributed by atoms with Crippen LogP contribution < -0.4 is 0 Å². The Kier molecular flexibility index (Phi) is 4.04. The zero-order valence-corrected chi connectivity index (χ0v) is 12.1. The highest BCUT2D eigenvalue weighted by Crippen LogP contribution is 2.35. The third-order valence-electron chi connectivity index (χ3n) is 2.87. The number of aromatic nitrogens is 1. The average Bonchev–Trinajstić information content (AvgIpc) is 2.76. The first-order valence-corrected chi connectivity index (χ1v) is 7.13. The highest BCUT2D eigenvalue weighted by Gasteiger charge is 2.20. The van der Waals surface area contributed by atoms with Crippen molar-refractivity contribution in [3.8, 4) is 5.75 Å². The molecule has 0 saturated heterocycles. The second kappa shape index (κ2) is 5.57. The molecular weight excluding hydrogens is 262 g/mol. The fourth-order valence-electron chi connectivity index (χ4n) is 1.88. The largest absolute Gasteiger partial charge is 0.505 e. The smallest absolute Gasteiger partial charge is 0.360 e. The van der Waals surface area contributed by atoms with Gasteiger partial charge in [0.1, 0.15) is 0 Å². The molecule has 19 heavy (non-hydrogen) atoms. The molecule has 1 N–H and O–H groups in total. The number of hydrogen-bond acceptors (Lipinski definition) is 5. The lowest BCUT2D eigenvalue weighted by Gasteiger charge is -2.07. The number of carbonyl (C=O) groups is 1. The van der Waals surface area contributed by atoms with Gasteiger partial charge in [0.2, 0.25) is 0 Å². The molecule has 102 valence electrons. The van der Waals surface area contributed by atoms with E-state index in [4.69, 9.17) is 4.74 Å². The number of unbranched alkanes of at least 4 members (excludes halogenated alkanes) is 1. The molecule has 0 aromatic carbocycles. The minimum Gasteiger partial charge on any atom is -0.505 e. The first-order valence-electron chi connectivity index (χ1n) is 6.31. The van der Waals surface area contributed by atoms with E-state index < -0.39 is 5.97 Å². The topological polar surface area (TPSA) is 59.4 Å². The number of aromatic hydroxyl groups is 1. The summed E-state index contributed by atoms with van der Waals surface area (Å²) in [5.74, 6) is -0.633. The van der Waals surface area contributed by atoms with Crippen molar-refractivity contribution in [1.82, 2.24) is 4.98 Å². The summed E-state index contributed by atoms with van der Waals surface area (Å²) >= 11 is 1.56. The zero-order valence-electron chi connectivity index (χ0n) is 11.3. The van der Waals surface area contributed by atoms with Crippen molar-refractivity contribution in [1.29, 1.82) is 0 Å². The third kappa shape index (κ3) is 2.71. The standard InChI is InChI=1S/C14H17NO3S/c1-4-5-6-18-14(17)11-12(16)10-7-8(2)19-13(10)9(3)15-11/h7,16H,4-6H2,1-3H3. The third-order valence-corrected chi connectivity index (χ3v) is 4.03. The number of fused-ring (bicyclic) bond motifs is 1. The van der Waals surface area contributed by atoms with Crippen LogP contribution in [0.3, 0.4) is 0 Å². The number of carbonyl (C=O) groups excluding carboxylic acids is 1. The Hall–Kier alpha value is -1.62. The average molecular weight is 279 g/mol. The molecule has 0 atom stereocenters. The van der Waals surface area contributed by atoms with Gasteiger partial charge in [-0.2, -0.15) is 0 Å². The van der Waals surface area contributed by atoms with Crippen molar-refractivity contribution in [3.05, 3.63) is 22.3 Å². The second-order valence-corrected chi connectivity index (χ2v) is 5.74. The van der Waals surface area contributed by atoms with Gasteiger partial charge in [-0.3, -0.25) is 0 Å². The van der Waals surface area contributed by atoms with E-state index >= 15 is 0 Å². The zero-order chi connectivity index (χ0) is 14.0. The van der Waals surface area contributed by atoms with Crippen LogP contribution in [0.25, 0.3) is 10.1 Å². The van der Waals surface area contributed by atoms with Crippen LogP contribution in [0.4, 0.5) is 0 Å². The Morgan fingerprint density at radius 2 is 2.21 bits per heavy atom. The van der Waals surface area contributed by atoms with Gasteiger partial charge in [-0.05, 0) is 26.3 Å². The number of esters is 1.